The standard InChI is InChI=1S/C12H12FN3OS/c13-10-9(12(14)17)7-3-1-2-4-16(7)11(10)8-5-15-6-18-8/h5-6H,1-4H2,(H2,14,17). The Morgan fingerprint density at radius 2 is 2.33 bits per heavy atom. The third kappa shape index (κ3) is 1.56. The number of rotatable bonds is 2. The number of nitrogens with two attached hydrogens (primary N) is 1. The first-order chi connectivity index (χ1) is 8.70. The van der Waals surface area contributed by atoms with Crippen molar-refractivity contribution in [3.8, 4) is 10.6 Å². The van der Waals surface area contributed by atoms with E-state index in [0.717, 1.165) is 30.0 Å². The second-order valence-electron chi connectivity index (χ2n) is 4.32. The summed E-state index contributed by atoms with van der Waals surface area (Å²) in [6.07, 6.45) is 4.28. The summed E-state index contributed by atoms with van der Waals surface area (Å²) in [5, 5.41) is 0. The van der Waals surface area contributed by atoms with Crippen molar-refractivity contribution in [2.75, 3.05) is 0 Å². The molecule has 0 fully saturated rings. The van der Waals surface area contributed by atoms with Crippen LogP contribution in [0.1, 0.15) is 28.9 Å². The average molecular weight is 265 g/mol. The minimum atomic E-state index is -0.686. The molecule has 0 saturated carbocycles. The average Bonchev–Trinajstić information content (AvgIpc) is 2.92. The SMILES string of the molecule is NC(=O)c1c(F)c(-c2cncs2)n2c1CCCC2. The first kappa shape index (κ1) is 11.4. The molecular formula is C12H12FN3OS. The molecule has 0 aliphatic carbocycles. The quantitative estimate of drug-likeness (QED) is 0.904. The Hall–Kier alpha value is -1.69. The Kier molecular flexibility index (Phi) is 2.66. The lowest BCUT2D eigenvalue weighted by Gasteiger charge is -2.17. The molecule has 1 aliphatic rings. The lowest BCUT2D eigenvalue weighted by atomic mass is 10.1. The summed E-state index contributed by atoms with van der Waals surface area (Å²) < 4.78 is 16.3. The molecule has 3 heterocycles. The van der Waals surface area contributed by atoms with Crippen molar-refractivity contribution in [2.24, 2.45) is 5.73 Å². The van der Waals surface area contributed by atoms with E-state index in [1.54, 1.807) is 11.7 Å². The van der Waals surface area contributed by atoms with Gasteiger partial charge in [-0.3, -0.25) is 9.78 Å². The lowest BCUT2D eigenvalue weighted by Crippen LogP contribution is -2.17. The number of primary amides is 1. The van der Waals surface area contributed by atoms with Crippen molar-refractivity contribution in [3.63, 3.8) is 0 Å². The number of halogens is 1. The molecule has 18 heavy (non-hydrogen) atoms. The normalized spacial score (nSPS) is 14.5. The van der Waals surface area contributed by atoms with Crippen LogP contribution in [-0.4, -0.2) is 15.5 Å². The van der Waals surface area contributed by atoms with Crippen LogP contribution in [-0.2, 0) is 13.0 Å². The van der Waals surface area contributed by atoms with Crippen molar-refractivity contribution < 1.29 is 9.18 Å². The maximum Gasteiger partial charge on any atom is 0.253 e. The molecule has 0 atom stereocenters. The predicted molar refractivity (Wildman–Crippen MR) is 67.0 cm³/mol. The topological polar surface area (TPSA) is 60.9 Å². The van der Waals surface area contributed by atoms with E-state index in [1.165, 1.54) is 11.3 Å². The Morgan fingerprint density at radius 3 is 3.00 bits per heavy atom. The maximum atomic E-state index is 14.4. The summed E-state index contributed by atoms with van der Waals surface area (Å²) >= 11 is 1.36. The van der Waals surface area contributed by atoms with Crippen molar-refractivity contribution >= 4 is 17.2 Å². The van der Waals surface area contributed by atoms with Crippen molar-refractivity contribution in [2.45, 2.75) is 25.8 Å². The molecule has 2 aromatic rings. The first-order valence-corrected chi connectivity index (χ1v) is 6.67. The van der Waals surface area contributed by atoms with E-state index in [2.05, 4.69) is 4.98 Å². The van der Waals surface area contributed by atoms with Gasteiger partial charge in [-0.25, -0.2) is 4.39 Å². The molecule has 0 radical (unpaired) electrons. The zero-order valence-electron chi connectivity index (χ0n) is 9.65. The zero-order chi connectivity index (χ0) is 12.7. The van der Waals surface area contributed by atoms with Gasteiger partial charge in [0.25, 0.3) is 5.91 Å². The Morgan fingerprint density at radius 1 is 1.50 bits per heavy atom. The van der Waals surface area contributed by atoms with Crippen LogP contribution in [0.15, 0.2) is 11.7 Å². The number of fused-ring (bicyclic) bond motifs is 1. The second-order valence-corrected chi connectivity index (χ2v) is 5.21. The summed E-state index contributed by atoms with van der Waals surface area (Å²) in [5.41, 5.74) is 8.20. The molecule has 0 bridgehead atoms. The Bertz CT molecular complexity index is 603. The highest BCUT2D eigenvalue weighted by Gasteiger charge is 2.28. The minimum Gasteiger partial charge on any atom is -0.365 e. The van der Waals surface area contributed by atoms with Crippen LogP contribution in [0.2, 0.25) is 0 Å². The molecular weight excluding hydrogens is 253 g/mol. The molecule has 0 spiro atoms. The number of aromatic nitrogens is 2. The number of hydrogen-bond acceptors (Lipinski definition) is 3. The zero-order valence-corrected chi connectivity index (χ0v) is 10.5. The number of hydrogen-bond donors (Lipinski definition) is 1. The first-order valence-electron chi connectivity index (χ1n) is 5.79. The number of thiazole rings is 1. The number of nitrogens with zero attached hydrogens (tertiary/aromatic N) is 2. The predicted octanol–water partition coefficient (Wildman–Crippen LogP) is 2.19. The van der Waals surface area contributed by atoms with Gasteiger partial charge < -0.3 is 10.3 Å². The van der Waals surface area contributed by atoms with Gasteiger partial charge in [0.05, 0.1) is 21.6 Å². The number of carbonyl (C=O) groups excluding carboxylic acids is 1. The Balaban J connectivity index is 2.29. The van der Waals surface area contributed by atoms with Gasteiger partial charge in [-0.05, 0) is 19.3 Å². The molecule has 0 aromatic carbocycles. The lowest BCUT2D eigenvalue weighted by molar-refractivity contribution is 0.0995. The molecule has 4 nitrogen and oxygen atoms in total. The van der Waals surface area contributed by atoms with Crippen molar-refractivity contribution in [1.82, 2.24) is 9.55 Å². The third-order valence-electron chi connectivity index (χ3n) is 3.27. The van der Waals surface area contributed by atoms with Crippen LogP contribution in [0.25, 0.3) is 10.6 Å². The highest BCUT2D eigenvalue weighted by atomic mass is 32.1. The van der Waals surface area contributed by atoms with E-state index >= 15 is 0 Å². The number of carbonyl (C=O) groups is 1. The Labute approximate surface area is 107 Å². The van der Waals surface area contributed by atoms with Crippen LogP contribution < -0.4 is 5.73 Å². The highest BCUT2D eigenvalue weighted by Crippen LogP contribution is 2.35. The van der Waals surface area contributed by atoms with Crippen molar-refractivity contribution in [1.29, 1.82) is 0 Å². The molecule has 2 aromatic heterocycles. The van der Waals surface area contributed by atoms with Crippen LogP contribution in [0.4, 0.5) is 4.39 Å². The van der Waals surface area contributed by atoms with E-state index in [-0.39, 0.29) is 5.56 Å². The van der Waals surface area contributed by atoms with Crippen LogP contribution >= 0.6 is 11.3 Å². The minimum absolute atomic E-state index is 0.0538. The van der Waals surface area contributed by atoms with Crippen LogP contribution in [0.3, 0.4) is 0 Å². The van der Waals surface area contributed by atoms with Gasteiger partial charge in [0.2, 0.25) is 0 Å². The van der Waals surface area contributed by atoms with Gasteiger partial charge in [-0.1, -0.05) is 0 Å². The van der Waals surface area contributed by atoms with Gasteiger partial charge in [0.1, 0.15) is 0 Å². The van der Waals surface area contributed by atoms with E-state index in [1.807, 2.05) is 4.57 Å². The molecule has 0 unspecified atom stereocenters. The number of amides is 1. The highest BCUT2D eigenvalue weighted by molar-refractivity contribution is 7.13. The molecule has 2 N–H and O–H groups in total. The fourth-order valence-corrected chi connectivity index (χ4v) is 3.20. The summed E-state index contributed by atoms with van der Waals surface area (Å²) in [6, 6.07) is 0. The van der Waals surface area contributed by atoms with E-state index in [4.69, 9.17) is 5.73 Å². The fraction of sp³-hybridized carbons (Fsp3) is 0.333. The van der Waals surface area contributed by atoms with Gasteiger partial charge in [-0.2, -0.15) is 0 Å². The summed E-state index contributed by atoms with van der Waals surface area (Å²) in [7, 11) is 0. The van der Waals surface area contributed by atoms with Gasteiger partial charge >= 0.3 is 0 Å². The van der Waals surface area contributed by atoms with E-state index < -0.39 is 11.7 Å². The molecule has 3 rings (SSSR count). The molecule has 6 heteroatoms. The molecule has 1 amide bonds. The van der Waals surface area contributed by atoms with Gasteiger partial charge in [-0.15, -0.1) is 11.3 Å². The smallest absolute Gasteiger partial charge is 0.253 e. The fourth-order valence-electron chi connectivity index (χ4n) is 2.53. The monoisotopic (exact) mass is 265 g/mol. The van der Waals surface area contributed by atoms with Gasteiger partial charge in [0.15, 0.2) is 5.82 Å². The van der Waals surface area contributed by atoms with Crippen molar-refractivity contribution in [3.05, 3.63) is 28.8 Å². The summed E-state index contributed by atoms with van der Waals surface area (Å²) in [6.45, 7) is 0.729. The van der Waals surface area contributed by atoms with E-state index in [0.29, 0.717) is 12.1 Å². The molecule has 0 saturated heterocycles. The van der Waals surface area contributed by atoms with Crippen LogP contribution in [0, 0.1) is 5.82 Å². The third-order valence-corrected chi connectivity index (χ3v) is 4.05. The van der Waals surface area contributed by atoms with Gasteiger partial charge in [0, 0.05) is 18.4 Å². The summed E-state index contributed by atoms with van der Waals surface area (Å²) in [5.74, 6) is -1.18. The van der Waals surface area contributed by atoms with E-state index in [9.17, 15) is 9.18 Å². The second kappa shape index (κ2) is 4.20. The summed E-state index contributed by atoms with van der Waals surface area (Å²) in [4.78, 5) is 16.1. The van der Waals surface area contributed by atoms with Crippen LogP contribution in [0.5, 0.6) is 0 Å². The molecule has 1 aliphatic heterocycles. The largest absolute Gasteiger partial charge is 0.365 e. The molecule has 94 valence electrons. The maximum absolute atomic E-state index is 14.4.